The van der Waals surface area contributed by atoms with Crippen LogP contribution in [0, 0.1) is 6.92 Å². The molecule has 0 unspecified atom stereocenters. The van der Waals surface area contributed by atoms with Crippen LogP contribution in [-0.4, -0.2) is 26.6 Å². The molecule has 3 heterocycles. The summed E-state index contributed by atoms with van der Waals surface area (Å²) in [6, 6.07) is 9.69. The van der Waals surface area contributed by atoms with Crippen LogP contribution in [0.4, 0.5) is 5.95 Å². The number of nitrogens with one attached hydrogen (secondary N) is 1. The van der Waals surface area contributed by atoms with Crippen molar-refractivity contribution < 1.29 is 0 Å². The van der Waals surface area contributed by atoms with Gasteiger partial charge >= 0.3 is 0 Å². The number of aryl methyl sites for hydroxylation is 3. The predicted octanol–water partition coefficient (Wildman–Crippen LogP) is 4.16. The first-order chi connectivity index (χ1) is 13.5. The lowest BCUT2D eigenvalue weighted by Crippen LogP contribution is -2.20. The summed E-state index contributed by atoms with van der Waals surface area (Å²) in [5.74, 6) is 0.537. The summed E-state index contributed by atoms with van der Waals surface area (Å²) in [5.41, 5.74) is 3.53. The van der Waals surface area contributed by atoms with E-state index >= 15 is 0 Å². The van der Waals surface area contributed by atoms with Crippen molar-refractivity contribution in [3.05, 3.63) is 69.4 Å². The van der Waals surface area contributed by atoms with Gasteiger partial charge in [0.15, 0.2) is 0 Å². The van der Waals surface area contributed by atoms with Crippen molar-refractivity contribution in [3.8, 4) is 10.6 Å². The minimum absolute atomic E-state index is 0.0487. The Bertz CT molecular complexity index is 1220. The van der Waals surface area contributed by atoms with Gasteiger partial charge in [-0.3, -0.25) is 9.36 Å². The average molecular weight is 412 g/mol. The fourth-order valence-corrected chi connectivity index (χ4v) is 4.30. The van der Waals surface area contributed by atoms with Crippen LogP contribution < -0.4 is 10.9 Å². The summed E-state index contributed by atoms with van der Waals surface area (Å²) in [6.45, 7) is 2.53. The Hall–Kier alpha value is -2.77. The standard InChI is InChI=1S/C20H18ClN5OS/c1-12-3-4-13(14(21)9-12)6-8-26-11-24-16-10-17(28-18(16)19(26)27)15-5-7-23-20(22-2)25-15/h3-5,7,9-11H,6,8H2,1-2H3,(H,22,23,25). The van der Waals surface area contributed by atoms with Gasteiger partial charge in [0.2, 0.25) is 5.95 Å². The third-order valence-corrected chi connectivity index (χ3v) is 5.95. The molecule has 0 fully saturated rings. The highest BCUT2D eigenvalue weighted by atomic mass is 35.5. The van der Waals surface area contributed by atoms with E-state index in [0.717, 1.165) is 26.7 Å². The molecule has 0 aliphatic heterocycles. The Labute approximate surface area is 170 Å². The van der Waals surface area contributed by atoms with Gasteiger partial charge in [-0.05, 0) is 42.7 Å². The zero-order chi connectivity index (χ0) is 19.7. The molecule has 1 aromatic carbocycles. The number of anilines is 1. The number of benzene rings is 1. The fourth-order valence-electron chi connectivity index (χ4n) is 2.94. The molecule has 4 rings (SSSR count). The number of aromatic nitrogens is 4. The third-order valence-electron chi connectivity index (χ3n) is 4.47. The molecule has 28 heavy (non-hydrogen) atoms. The van der Waals surface area contributed by atoms with Crippen LogP contribution in [0.2, 0.25) is 5.02 Å². The lowest BCUT2D eigenvalue weighted by molar-refractivity contribution is 0.663. The van der Waals surface area contributed by atoms with Gasteiger partial charge in [0.25, 0.3) is 5.56 Å². The van der Waals surface area contributed by atoms with E-state index in [1.54, 1.807) is 24.1 Å². The fraction of sp³-hybridized carbons (Fsp3) is 0.200. The first kappa shape index (κ1) is 18.6. The van der Waals surface area contributed by atoms with E-state index in [-0.39, 0.29) is 5.56 Å². The van der Waals surface area contributed by atoms with Gasteiger partial charge in [0.1, 0.15) is 4.70 Å². The molecule has 0 radical (unpaired) electrons. The quantitative estimate of drug-likeness (QED) is 0.533. The minimum Gasteiger partial charge on any atom is -0.357 e. The second-order valence-corrected chi connectivity index (χ2v) is 7.89. The number of nitrogens with zero attached hydrogens (tertiary/aromatic N) is 4. The van der Waals surface area contributed by atoms with Gasteiger partial charge in [0, 0.05) is 24.8 Å². The number of hydrogen-bond donors (Lipinski definition) is 1. The SMILES string of the molecule is CNc1nccc(-c2cc3ncn(CCc4ccc(C)cc4Cl)c(=O)c3s2)n1. The monoisotopic (exact) mass is 411 g/mol. The van der Waals surface area contributed by atoms with Crippen molar-refractivity contribution in [2.45, 2.75) is 19.9 Å². The van der Waals surface area contributed by atoms with Gasteiger partial charge in [-0.2, -0.15) is 0 Å². The van der Waals surface area contributed by atoms with E-state index in [9.17, 15) is 4.79 Å². The van der Waals surface area contributed by atoms with E-state index in [2.05, 4.69) is 20.3 Å². The van der Waals surface area contributed by atoms with E-state index < -0.39 is 0 Å². The second kappa shape index (κ2) is 7.69. The second-order valence-electron chi connectivity index (χ2n) is 6.43. The largest absolute Gasteiger partial charge is 0.357 e. The van der Waals surface area contributed by atoms with Gasteiger partial charge in [0.05, 0.1) is 22.4 Å². The maximum Gasteiger partial charge on any atom is 0.271 e. The first-order valence-corrected chi connectivity index (χ1v) is 10.00. The average Bonchev–Trinajstić information content (AvgIpc) is 3.14. The highest BCUT2D eigenvalue weighted by Gasteiger charge is 2.12. The van der Waals surface area contributed by atoms with Crippen molar-refractivity contribution in [2.75, 3.05) is 12.4 Å². The molecule has 0 bridgehead atoms. The lowest BCUT2D eigenvalue weighted by atomic mass is 10.1. The van der Waals surface area contributed by atoms with Crippen molar-refractivity contribution in [1.29, 1.82) is 0 Å². The molecule has 6 nitrogen and oxygen atoms in total. The van der Waals surface area contributed by atoms with E-state index in [1.165, 1.54) is 11.3 Å². The van der Waals surface area contributed by atoms with Crippen LogP contribution in [0.3, 0.4) is 0 Å². The van der Waals surface area contributed by atoms with Crippen molar-refractivity contribution in [3.63, 3.8) is 0 Å². The predicted molar refractivity (Wildman–Crippen MR) is 114 cm³/mol. The van der Waals surface area contributed by atoms with Crippen molar-refractivity contribution in [2.24, 2.45) is 0 Å². The molecule has 1 N–H and O–H groups in total. The summed E-state index contributed by atoms with van der Waals surface area (Å²) in [7, 11) is 1.77. The molecule has 8 heteroatoms. The third kappa shape index (κ3) is 3.63. The molecule has 142 valence electrons. The van der Waals surface area contributed by atoms with Crippen LogP contribution in [0.1, 0.15) is 11.1 Å². The van der Waals surface area contributed by atoms with Gasteiger partial charge < -0.3 is 5.32 Å². The van der Waals surface area contributed by atoms with Gasteiger partial charge in [-0.15, -0.1) is 11.3 Å². The molecule has 4 aromatic rings. The minimum atomic E-state index is -0.0487. The van der Waals surface area contributed by atoms with E-state index in [4.69, 9.17) is 11.6 Å². The molecule has 0 aliphatic carbocycles. The lowest BCUT2D eigenvalue weighted by Gasteiger charge is -2.07. The number of fused-ring (bicyclic) bond motifs is 1. The first-order valence-electron chi connectivity index (χ1n) is 8.80. The summed E-state index contributed by atoms with van der Waals surface area (Å²) < 4.78 is 2.26. The summed E-state index contributed by atoms with van der Waals surface area (Å²) in [4.78, 5) is 26.8. The summed E-state index contributed by atoms with van der Waals surface area (Å²) >= 11 is 7.71. The Balaban J connectivity index is 1.64. The van der Waals surface area contributed by atoms with Crippen LogP contribution in [0.25, 0.3) is 20.8 Å². The number of halogens is 1. The Morgan fingerprint density at radius 3 is 2.86 bits per heavy atom. The summed E-state index contributed by atoms with van der Waals surface area (Å²) in [6.07, 6.45) is 3.96. The maximum atomic E-state index is 12.9. The molecular formula is C20H18ClN5OS. The normalized spacial score (nSPS) is 11.1. The van der Waals surface area contributed by atoms with Crippen LogP contribution in [-0.2, 0) is 13.0 Å². The highest BCUT2D eigenvalue weighted by molar-refractivity contribution is 7.22. The number of thiophene rings is 1. The zero-order valence-corrected chi connectivity index (χ0v) is 17.0. The molecule has 3 aromatic heterocycles. The molecule has 0 atom stereocenters. The molecule has 0 aliphatic rings. The molecule has 0 spiro atoms. The molecular weight excluding hydrogens is 394 g/mol. The molecule has 0 amide bonds. The zero-order valence-electron chi connectivity index (χ0n) is 15.4. The highest BCUT2D eigenvalue weighted by Crippen LogP contribution is 2.29. The van der Waals surface area contributed by atoms with Crippen LogP contribution >= 0.6 is 22.9 Å². The van der Waals surface area contributed by atoms with E-state index in [1.807, 2.05) is 37.3 Å². The Kier molecular flexibility index (Phi) is 5.11. The topological polar surface area (TPSA) is 72.7 Å². The summed E-state index contributed by atoms with van der Waals surface area (Å²) in [5, 5.41) is 3.65. The van der Waals surface area contributed by atoms with Crippen molar-refractivity contribution >= 4 is 39.1 Å². The van der Waals surface area contributed by atoms with Gasteiger partial charge in [-0.1, -0.05) is 23.7 Å². The van der Waals surface area contributed by atoms with Crippen LogP contribution in [0.15, 0.2) is 47.7 Å². The molecule has 0 saturated carbocycles. The van der Waals surface area contributed by atoms with E-state index in [0.29, 0.717) is 29.1 Å². The molecule has 0 saturated heterocycles. The Morgan fingerprint density at radius 1 is 1.21 bits per heavy atom. The number of hydrogen-bond acceptors (Lipinski definition) is 6. The smallest absolute Gasteiger partial charge is 0.271 e. The number of rotatable bonds is 5. The van der Waals surface area contributed by atoms with Crippen molar-refractivity contribution in [1.82, 2.24) is 19.5 Å². The van der Waals surface area contributed by atoms with Gasteiger partial charge in [-0.25, -0.2) is 15.0 Å². The van der Waals surface area contributed by atoms with Crippen LogP contribution in [0.5, 0.6) is 0 Å². The maximum absolute atomic E-state index is 12.9. The Morgan fingerprint density at radius 2 is 2.07 bits per heavy atom.